The van der Waals surface area contributed by atoms with Gasteiger partial charge in [0.15, 0.2) is 5.65 Å². The Morgan fingerprint density at radius 1 is 0.973 bits per heavy atom. The van der Waals surface area contributed by atoms with Gasteiger partial charge in [-0.05, 0) is 18.1 Å². The van der Waals surface area contributed by atoms with Gasteiger partial charge >= 0.3 is 0 Å². The number of ether oxygens (including phenoxy) is 1. The summed E-state index contributed by atoms with van der Waals surface area (Å²) in [4.78, 5) is 14.3. The van der Waals surface area contributed by atoms with Crippen LogP contribution in [0.25, 0.3) is 11.0 Å². The number of aliphatic hydroxyl groups excluding tert-OH is 1. The molecule has 2 aromatic carbocycles. The van der Waals surface area contributed by atoms with E-state index in [-0.39, 0.29) is 12.1 Å². The topological polar surface area (TPSA) is 82.8 Å². The summed E-state index contributed by atoms with van der Waals surface area (Å²) in [5.74, 6) is 1.50. The third-order valence-electron chi connectivity index (χ3n) is 6.93. The lowest BCUT2D eigenvalue weighted by Gasteiger charge is -2.40. The van der Waals surface area contributed by atoms with E-state index in [9.17, 15) is 5.11 Å². The maximum atomic E-state index is 9.91. The second-order valence-electron chi connectivity index (χ2n) is 9.75. The Bertz CT molecular complexity index is 1280. The van der Waals surface area contributed by atoms with Crippen molar-refractivity contribution in [2.45, 2.75) is 36.7 Å². The van der Waals surface area contributed by atoms with Gasteiger partial charge in [0, 0.05) is 31.9 Å². The average molecular weight is 517 g/mol. The molecule has 2 unspecified atom stereocenters. The van der Waals surface area contributed by atoms with Crippen molar-refractivity contribution >= 4 is 28.6 Å². The highest BCUT2D eigenvalue weighted by Gasteiger charge is 2.30. The number of rotatable bonds is 9. The van der Waals surface area contributed by atoms with Gasteiger partial charge < -0.3 is 14.7 Å². The molecule has 2 aliphatic heterocycles. The van der Waals surface area contributed by atoms with Gasteiger partial charge in [-0.1, -0.05) is 60.7 Å². The summed E-state index contributed by atoms with van der Waals surface area (Å²) < 4.78 is 7.40. The van der Waals surface area contributed by atoms with Gasteiger partial charge in [-0.3, -0.25) is 4.90 Å². The Balaban J connectivity index is 1.27. The molecule has 0 radical (unpaired) electrons. The summed E-state index contributed by atoms with van der Waals surface area (Å²) in [6.45, 7) is 6.81. The lowest BCUT2D eigenvalue weighted by Crippen LogP contribution is -2.48. The summed E-state index contributed by atoms with van der Waals surface area (Å²) in [6, 6.07) is 21.7. The molecule has 0 aliphatic carbocycles. The number of anilines is 1. The number of hydrogen-bond acceptors (Lipinski definition) is 8. The SMILES string of the molecule is CC(O)CSc1nn(CC2CO2)c2ncnc(N3CCN(C(c4ccccc4)c4ccccc4)CC3)c12. The molecule has 8 nitrogen and oxygen atoms in total. The third-order valence-corrected chi connectivity index (χ3v) is 8.14. The predicted molar refractivity (Wildman–Crippen MR) is 146 cm³/mol. The molecule has 192 valence electrons. The van der Waals surface area contributed by atoms with Crippen molar-refractivity contribution in [1.82, 2.24) is 24.6 Å². The molecule has 9 heteroatoms. The summed E-state index contributed by atoms with van der Waals surface area (Å²) in [7, 11) is 0. The van der Waals surface area contributed by atoms with Crippen molar-refractivity contribution in [3.05, 3.63) is 78.1 Å². The monoisotopic (exact) mass is 516 g/mol. The number of fused-ring (bicyclic) bond motifs is 1. The minimum Gasteiger partial charge on any atom is -0.393 e. The van der Waals surface area contributed by atoms with E-state index in [1.807, 2.05) is 4.68 Å². The van der Waals surface area contributed by atoms with Crippen LogP contribution in [0.3, 0.4) is 0 Å². The lowest BCUT2D eigenvalue weighted by molar-refractivity contribution is 0.212. The molecule has 0 spiro atoms. The summed E-state index contributed by atoms with van der Waals surface area (Å²) in [5, 5.41) is 16.6. The second-order valence-corrected chi connectivity index (χ2v) is 10.8. The van der Waals surface area contributed by atoms with Crippen LogP contribution in [0.1, 0.15) is 24.1 Å². The minimum atomic E-state index is -0.415. The molecule has 1 N–H and O–H groups in total. The summed E-state index contributed by atoms with van der Waals surface area (Å²) in [6.07, 6.45) is 1.43. The molecule has 2 atom stereocenters. The molecule has 4 aromatic rings. The van der Waals surface area contributed by atoms with Gasteiger partial charge in [0.2, 0.25) is 0 Å². The van der Waals surface area contributed by atoms with Crippen LogP contribution in [0.15, 0.2) is 72.0 Å². The van der Waals surface area contributed by atoms with Crippen molar-refractivity contribution < 1.29 is 9.84 Å². The number of aliphatic hydroxyl groups is 1. The van der Waals surface area contributed by atoms with Crippen molar-refractivity contribution in [2.75, 3.05) is 43.4 Å². The molecule has 4 heterocycles. The summed E-state index contributed by atoms with van der Waals surface area (Å²) in [5.41, 5.74) is 3.46. The number of aromatic nitrogens is 4. The standard InChI is InChI=1S/C28H32N6O2S/c1-20(35)18-37-28-24-26(29-19-30-27(24)34(31-28)16-23-17-36-23)33-14-12-32(13-15-33)25(21-8-4-2-5-9-21)22-10-6-3-7-11-22/h2-11,19-20,23,25,35H,12-18H2,1H3. The molecule has 2 saturated heterocycles. The van der Waals surface area contributed by atoms with Crippen LogP contribution in [0.5, 0.6) is 0 Å². The highest BCUT2D eigenvalue weighted by Crippen LogP contribution is 2.35. The zero-order valence-electron chi connectivity index (χ0n) is 21.0. The molecule has 2 aliphatic rings. The molecule has 0 bridgehead atoms. The Morgan fingerprint density at radius 3 is 2.22 bits per heavy atom. The fourth-order valence-electron chi connectivity index (χ4n) is 5.07. The van der Waals surface area contributed by atoms with Crippen LogP contribution in [-0.4, -0.2) is 80.5 Å². The van der Waals surface area contributed by atoms with E-state index in [0.29, 0.717) is 12.3 Å². The first-order valence-electron chi connectivity index (χ1n) is 12.9. The van der Waals surface area contributed by atoms with Crippen LogP contribution in [0.4, 0.5) is 5.82 Å². The molecular weight excluding hydrogens is 484 g/mol. The van der Waals surface area contributed by atoms with Crippen LogP contribution < -0.4 is 4.90 Å². The molecule has 2 aromatic heterocycles. The minimum absolute atomic E-state index is 0.201. The number of epoxide rings is 1. The number of piperazine rings is 1. The number of thioether (sulfide) groups is 1. The number of hydrogen-bond donors (Lipinski definition) is 1. The zero-order valence-corrected chi connectivity index (χ0v) is 21.8. The van der Waals surface area contributed by atoms with E-state index >= 15 is 0 Å². The maximum absolute atomic E-state index is 9.91. The van der Waals surface area contributed by atoms with E-state index in [4.69, 9.17) is 14.8 Å². The van der Waals surface area contributed by atoms with Crippen molar-refractivity contribution in [1.29, 1.82) is 0 Å². The molecular formula is C28H32N6O2S. The quantitative estimate of drug-likeness (QED) is 0.267. The average Bonchev–Trinajstić information content (AvgIpc) is 3.69. The smallest absolute Gasteiger partial charge is 0.164 e. The van der Waals surface area contributed by atoms with E-state index in [1.165, 1.54) is 11.1 Å². The molecule has 6 rings (SSSR count). The highest BCUT2D eigenvalue weighted by atomic mass is 32.2. The Kier molecular flexibility index (Phi) is 7.10. The van der Waals surface area contributed by atoms with Gasteiger partial charge in [0.05, 0.1) is 30.7 Å². The molecule has 0 saturated carbocycles. The van der Waals surface area contributed by atoms with E-state index < -0.39 is 6.10 Å². The van der Waals surface area contributed by atoms with Gasteiger partial charge in [-0.2, -0.15) is 5.10 Å². The van der Waals surface area contributed by atoms with E-state index in [0.717, 1.165) is 54.7 Å². The van der Waals surface area contributed by atoms with Crippen molar-refractivity contribution in [3.63, 3.8) is 0 Å². The summed E-state index contributed by atoms with van der Waals surface area (Å²) >= 11 is 1.56. The number of nitrogens with zero attached hydrogens (tertiary/aromatic N) is 6. The number of benzene rings is 2. The van der Waals surface area contributed by atoms with Crippen LogP contribution in [-0.2, 0) is 11.3 Å². The largest absolute Gasteiger partial charge is 0.393 e. The fraction of sp³-hybridized carbons (Fsp3) is 0.393. The van der Waals surface area contributed by atoms with Crippen LogP contribution >= 0.6 is 11.8 Å². The predicted octanol–water partition coefficient (Wildman–Crippen LogP) is 3.61. The van der Waals surface area contributed by atoms with Gasteiger partial charge in [-0.25, -0.2) is 14.6 Å². The van der Waals surface area contributed by atoms with Gasteiger partial charge in [0.1, 0.15) is 23.3 Å². The van der Waals surface area contributed by atoms with Crippen LogP contribution in [0.2, 0.25) is 0 Å². The van der Waals surface area contributed by atoms with Crippen LogP contribution in [0, 0.1) is 0 Å². The normalized spacial score (nSPS) is 19.0. The third kappa shape index (κ3) is 5.36. The van der Waals surface area contributed by atoms with Gasteiger partial charge in [-0.15, -0.1) is 11.8 Å². The molecule has 2 fully saturated rings. The highest BCUT2D eigenvalue weighted by molar-refractivity contribution is 7.99. The lowest BCUT2D eigenvalue weighted by atomic mass is 9.96. The van der Waals surface area contributed by atoms with Crippen molar-refractivity contribution in [2.24, 2.45) is 0 Å². The fourth-order valence-corrected chi connectivity index (χ4v) is 5.95. The van der Waals surface area contributed by atoms with E-state index in [2.05, 4.69) is 75.4 Å². The Labute approximate surface area is 221 Å². The maximum Gasteiger partial charge on any atom is 0.164 e. The van der Waals surface area contributed by atoms with E-state index in [1.54, 1.807) is 25.0 Å². The van der Waals surface area contributed by atoms with Gasteiger partial charge in [0.25, 0.3) is 0 Å². The first kappa shape index (κ1) is 24.4. The Morgan fingerprint density at radius 2 is 1.62 bits per heavy atom. The first-order chi connectivity index (χ1) is 18.2. The first-order valence-corrected chi connectivity index (χ1v) is 13.9. The molecule has 37 heavy (non-hydrogen) atoms. The molecule has 0 amide bonds. The zero-order chi connectivity index (χ0) is 25.2. The Hall–Kier alpha value is -2.98. The second kappa shape index (κ2) is 10.8. The van der Waals surface area contributed by atoms with Crippen molar-refractivity contribution in [3.8, 4) is 0 Å².